The average molecular weight is 286 g/mol. The predicted octanol–water partition coefficient (Wildman–Crippen LogP) is 6.27. The van der Waals surface area contributed by atoms with E-state index in [4.69, 9.17) is 0 Å². The van der Waals surface area contributed by atoms with Gasteiger partial charge in [-0.05, 0) is 44.5 Å². The Kier molecular flexibility index (Phi) is 2.75. The van der Waals surface area contributed by atoms with Gasteiger partial charge in [-0.1, -0.05) is 82.3 Å². The summed E-state index contributed by atoms with van der Waals surface area (Å²) in [6.45, 7) is 9.25. The van der Waals surface area contributed by atoms with E-state index >= 15 is 0 Å². The Bertz CT molecular complexity index is 882. The van der Waals surface area contributed by atoms with Gasteiger partial charge >= 0.3 is 0 Å². The largest absolute Gasteiger partial charge is 0.0616 e. The molecule has 3 aromatic rings. The molecule has 3 aromatic carbocycles. The molecule has 0 atom stereocenters. The van der Waals surface area contributed by atoms with Gasteiger partial charge in [-0.15, -0.1) is 0 Å². The fraction of sp³-hybridized carbons (Fsp3) is 0.273. The first-order valence-corrected chi connectivity index (χ1v) is 8.17. The Hall–Kier alpha value is -2.08. The van der Waals surface area contributed by atoms with Gasteiger partial charge in [-0.25, -0.2) is 0 Å². The van der Waals surface area contributed by atoms with Crippen LogP contribution in [0.25, 0.3) is 21.9 Å². The van der Waals surface area contributed by atoms with Crippen molar-refractivity contribution in [1.29, 1.82) is 0 Å². The van der Waals surface area contributed by atoms with Gasteiger partial charge < -0.3 is 0 Å². The fourth-order valence-corrected chi connectivity index (χ4v) is 3.99. The Labute approximate surface area is 132 Å². The summed E-state index contributed by atoms with van der Waals surface area (Å²) >= 11 is 0. The molecular weight excluding hydrogens is 264 g/mol. The molecule has 0 amide bonds. The van der Waals surface area contributed by atoms with E-state index in [0.717, 1.165) is 0 Å². The Balaban J connectivity index is 2.09. The van der Waals surface area contributed by atoms with Crippen molar-refractivity contribution in [1.82, 2.24) is 0 Å². The molecule has 0 aromatic heterocycles. The van der Waals surface area contributed by atoms with Crippen LogP contribution in [0.5, 0.6) is 0 Å². The van der Waals surface area contributed by atoms with Crippen molar-refractivity contribution in [3.05, 3.63) is 71.3 Å². The molecule has 0 saturated heterocycles. The van der Waals surface area contributed by atoms with E-state index in [9.17, 15) is 0 Å². The molecule has 0 fully saturated rings. The van der Waals surface area contributed by atoms with Gasteiger partial charge in [0, 0.05) is 5.41 Å². The second kappa shape index (κ2) is 4.46. The summed E-state index contributed by atoms with van der Waals surface area (Å²) in [5.41, 5.74) is 7.29. The summed E-state index contributed by atoms with van der Waals surface area (Å²) in [5, 5.41) is 2.73. The number of benzene rings is 3. The molecular formula is C22H22. The minimum absolute atomic E-state index is 0.0705. The van der Waals surface area contributed by atoms with Crippen molar-refractivity contribution in [2.45, 2.75) is 39.0 Å². The summed E-state index contributed by atoms with van der Waals surface area (Å²) in [4.78, 5) is 0. The summed E-state index contributed by atoms with van der Waals surface area (Å²) in [5.74, 6) is 0.568. The van der Waals surface area contributed by atoms with Crippen LogP contribution in [0.4, 0.5) is 0 Å². The first-order chi connectivity index (χ1) is 10.5. The number of hydrogen-bond acceptors (Lipinski definition) is 0. The van der Waals surface area contributed by atoms with Gasteiger partial charge in [0.1, 0.15) is 0 Å². The highest BCUT2D eigenvalue weighted by Crippen LogP contribution is 2.51. The van der Waals surface area contributed by atoms with Crippen LogP contribution >= 0.6 is 0 Å². The highest BCUT2D eigenvalue weighted by Gasteiger charge is 2.36. The monoisotopic (exact) mass is 286 g/mol. The van der Waals surface area contributed by atoms with Crippen LogP contribution in [0.3, 0.4) is 0 Å². The van der Waals surface area contributed by atoms with Crippen LogP contribution in [0.2, 0.25) is 0 Å². The number of fused-ring (bicyclic) bond motifs is 5. The van der Waals surface area contributed by atoms with Crippen LogP contribution < -0.4 is 0 Å². The maximum Gasteiger partial charge on any atom is 0.0165 e. The molecule has 0 spiro atoms. The van der Waals surface area contributed by atoms with Crippen molar-refractivity contribution in [3.63, 3.8) is 0 Å². The van der Waals surface area contributed by atoms with Gasteiger partial charge in [0.05, 0.1) is 0 Å². The quantitative estimate of drug-likeness (QED) is 0.494. The lowest BCUT2D eigenvalue weighted by atomic mass is 9.80. The Morgan fingerprint density at radius 3 is 2.36 bits per heavy atom. The minimum Gasteiger partial charge on any atom is -0.0616 e. The van der Waals surface area contributed by atoms with Gasteiger partial charge in [0.15, 0.2) is 0 Å². The van der Waals surface area contributed by atoms with Crippen molar-refractivity contribution in [3.8, 4) is 11.1 Å². The highest BCUT2D eigenvalue weighted by atomic mass is 14.4. The molecule has 1 aliphatic rings. The first kappa shape index (κ1) is 13.6. The maximum atomic E-state index is 2.41. The molecule has 0 N–H and O–H groups in total. The average Bonchev–Trinajstić information content (AvgIpc) is 2.75. The lowest BCUT2D eigenvalue weighted by molar-refractivity contribution is 0.665. The highest BCUT2D eigenvalue weighted by molar-refractivity contribution is 5.97. The molecule has 0 bridgehead atoms. The normalized spacial score (nSPS) is 15.1. The third kappa shape index (κ3) is 1.70. The summed E-state index contributed by atoms with van der Waals surface area (Å²) in [6, 6.07) is 20.4. The topological polar surface area (TPSA) is 0 Å². The molecule has 4 rings (SSSR count). The molecule has 22 heavy (non-hydrogen) atoms. The Morgan fingerprint density at radius 1 is 0.818 bits per heavy atom. The predicted molar refractivity (Wildman–Crippen MR) is 95.6 cm³/mol. The summed E-state index contributed by atoms with van der Waals surface area (Å²) in [6.07, 6.45) is 0. The SMILES string of the molecule is CC(C)c1ccc2c(c1)-c1ccc3ccccc3c1C2(C)C. The van der Waals surface area contributed by atoms with Gasteiger partial charge in [0.25, 0.3) is 0 Å². The van der Waals surface area contributed by atoms with Crippen molar-refractivity contribution >= 4 is 10.8 Å². The molecule has 0 aliphatic heterocycles. The zero-order valence-electron chi connectivity index (χ0n) is 13.8. The van der Waals surface area contributed by atoms with Crippen LogP contribution in [0.1, 0.15) is 50.3 Å². The van der Waals surface area contributed by atoms with Crippen molar-refractivity contribution in [2.75, 3.05) is 0 Å². The lowest BCUT2D eigenvalue weighted by Crippen LogP contribution is -2.15. The number of rotatable bonds is 1. The van der Waals surface area contributed by atoms with E-state index in [-0.39, 0.29) is 5.41 Å². The zero-order chi connectivity index (χ0) is 15.5. The van der Waals surface area contributed by atoms with Crippen LogP contribution in [-0.2, 0) is 5.41 Å². The van der Waals surface area contributed by atoms with Crippen LogP contribution in [-0.4, -0.2) is 0 Å². The number of hydrogen-bond donors (Lipinski definition) is 0. The molecule has 110 valence electrons. The van der Waals surface area contributed by atoms with Crippen molar-refractivity contribution in [2.24, 2.45) is 0 Å². The molecule has 0 nitrogen and oxygen atoms in total. The van der Waals surface area contributed by atoms with E-state index in [1.807, 2.05) is 0 Å². The third-order valence-electron chi connectivity index (χ3n) is 5.23. The second-order valence-corrected chi connectivity index (χ2v) is 7.29. The molecule has 1 aliphatic carbocycles. The molecule has 0 unspecified atom stereocenters. The van der Waals surface area contributed by atoms with E-state index in [2.05, 4.69) is 82.3 Å². The summed E-state index contributed by atoms with van der Waals surface area (Å²) < 4.78 is 0. The van der Waals surface area contributed by atoms with Gasteiger partial charge in [0.2, 0.25) is 0 Å². The van der Waals surface area contributed by atoms with E-state index < -0.39 is 0 Å². The van der Waals surface area contributed by atoms with Crippen LogP contribution in [0.15, 0.2) is 54.6 Å². The molecule has 0 radical (unpaired) electrons. The zero-order valence-corrected chi connectivity index (χ0v) is 13.8. The molecule has 0 heteroatoms. The molecule has 0 saturated carbocycles. The third-order valence-corrected chi connectivity index (χ3v) is 5.23. The summed E-state index contributed by atoms with van der Waals surface area (Å²) in [7, 11) is 0. The fourth-order valence-electron chi connectivity index (χ4n) is 3.99. The van der Waals surface area contributed by atoms with Crippen molar-refractivity contribution < 1.29 is 0 Å². The maximum absolute atomic E-state index is 2.41. The van der Waals surface area contributed by atoms with Gasteiger partial charge in [-0.2, -0.15) is 0 Å². The van der Waals surface area contributed by atoms with Gasteiger partial charge in [-0.3, -0.25) is 0 Å². The molecule has 0 heterocycles. The Morgan fingerprint density at radius 2 is 1.59 bits per heavy atom. The van der Waals surface area contributed by atoms with E-state index in [0.29, 0.717) is 5.92 Å². The first-order valence-electron chi connectivity index (χ1n) is 8.17. The van der Waals surface area contributed by atoms with Crippen LogP contribution in [0, 0.1) is 0 Å². The van der Waals surface area contributed by atoms with E-state index in [1.165, 1.54) is 38.6 Å². The lowest BCUT2D eigenvalue weighted by Gasteiger charge is -2.23. The second-order valence-electron chi connectivity index (χ2n) is 7.29. The standard InChI is InChI=1S/C22H22/c1-14(2)16-10-12-20-19(13-16)18-11-9-15-7-5-6-8-17(15)21(18)22(20,3)4/h5-14H,1-4H3. The minimum atomic E-state index is 0.0705. The van der Waals surface area contributed by atoms with E-state index in [1.54, 1.807) is 0 Å². The smallest absolute Gasteiger partial charge is 0.0165 e.